The first-order valence-corrected chi connectivity index (χ1v) is 12.7. The number of hydrogen-bond donors (Lipinski definition) is 1. The van der Waals surface area contributed by atoms with Crippen LogP contribution in [-0.2, 0) is 19.0 Å². The Morgan fingerprint density at radius 1 is 1.13 bits per heavy atom. The first-order chi connectivity index (χ1) is 14.4. The van der Waals surface area contributed by atoms with Gasteiger partial charge in [0.1, 0.15) is 13.2 Å². The standard InChI is InChI=1S/C18H32N2O8S2/c1-3-7-18(8-5-4-6-9-18)14-19-16(21)25-10-12-29-30-13-11-26-17(22)27-15(2)28-20(23)24/h15H,3-14H2,1-2H3,(H,19,21). The molecule has 0 aliphatic heterocycles. The molecule has 0 radical (unpaired) electrons. The van der Waals surface area contributed by atoms with Crippen molar-refractivity contribution >= 4 is 33.8 Å². The minimum Gasteiger partial charge on any atom is -0.449 e. The second-order valence-electron chi connectivity index (χ2n) is 7.06. The minimum absolute atomic E-state index is 0.0859. The van der Waals surface area contributed by atoms with Crippen LogP contribution in [0.1, 0.15) is 58.8 Å². The summed E-state index contributed by atoms with van der Waals surface area (Å²) in [4.78, 5) is 37.3. The molecule has 0 aromatic rings. The quantitative estimate of drug-likeness (QED) is 0.0968. The van der Waals surface area contributed by atoms with E-state index in [0.29, 0.717) is 24.7 Å². The number of carbonyl (C=O) groups is 2. The van der Waals surface area contributed by atoms with Crippen LogP contribution in [0.4, 0.5) is 9.59 Å². The lowest BCUT2D eigenvalue weighted by Gasteiger charge is -2.37. The molecule has 12 heteroatoms. The molecule has 0 aromatic carbocycles. The largest absolute Gasteiger partial charge is 0.510 e. The Morgan fingerprint density at radius 2 is 1.77 bits per heavy atom. The predicted molar refractivity (Wildman–Crippen MR) is 115 cm³/mol. The Hall–Kier alpha value is -1.56. The lowest BCUT2D eigenvalue weighted by Crippen LogP contribution is -2.39. The highest BCUT2D eigenvalue weighted by Crippen LogP contribution is 2.39. The Kier molecular flexibility index (Phi) is 13.5. The van der Waals surface area contributed by atoms with Gasteiger partial charge in [0.25, 0.3) is 5.09 Å². The van der Waals surface area contributed by atoms with E-state index in [-0.39, 0.29) is 18.1 Å². The minimum atomic E-state index is -1.33. The summed E-state index contributed by atoms with van der Waals surface area (Å²) in [6.45, 7) is 4.46. The number of hydrogen-bond acceptors (Lipinski definition) is 10. The van der Waals surface area contributed by atoms with Crippen molar-refractivity contribution in [1.29, 1.82) is 0 Å². The molecular weight excluding hydrogens is 436 g/mol. The number of carbonyl (C=O) groups excluding carboxylic acids is 2. The molecule has 1 aliphatic rings. The van der Waals surface area contributed by atoms with Crippen molar-refractivity contribution in [3.63, 3.8) is 0 Å². The van der Waals surface area contributed by atoms with E-state index in [0.717, 1.165) is 12.8 Å². The number of ether oxygens (including phenoxy) is 3. The van der Waals surface area contributed by atoms with Crippen LogP contribution in [0.2, 0.25) is 0 Å². The van der Waals surface area contributed by atoms with Crippen molar-refractivity contribution in [2.45, 2.75) is 65.1 Å². The number of nitrogens with one attached hydrogen (secondary N) is 1. The average molecular weight is 469 g/mol. The summed E-state index contributed by atoms with van der Waals surface area (Å²) in [5, 5.41) is 12.0. The summed E-state index contributed by atoms with van der Waals surface area (Å²) >= 11 is 0. The fraction of sp³-hybridized carbons (Fsp3) is 0.889. The van der Waals surface area contributed by atoms with Crippen LogP contribution in [0.3, 0.4) is 0 Å². The Morgan fingerprint density at radius 3 is 2.37 bits per heavy atom. The van der Waals surface area contributed by atoms with Gasteiger partial charge in [-0.3, -0.25) is 4.84 Å². The van der Waals surface area contributed by atoms with Gasteiger partial charge in [-0.05, 0) is 31.6 Å². The second kappa shape index (κ2) is 15.3. The van der Waals surface area contributed by atoms with E-state index < -0.39 is 17.5 Å². The predicted octanol–water partition coefficient (Wildman–Crippen LogP) is 4.55. The summed E-state index contributed by atoms with van der Waals surface area (Å²) in [6.07, 6.45) is 5.62. The zero-order chi connectivity index (χ0) is 22.2. The molecule has 10 nitrogen and oxygen atoms in total. The molecule has 0 bridgehead atoms. The number of nitrogens with zero attached hydrogens (tertiary/aromatic N) is 1. The summed E-state index contributed by atoms with van der Waals surface area (Å²) in [5.74, 6) is 1.10. The smallest absolute Gasteiger partial charge is 0.449 e. The van der Waals surface area contributed by atoms with E-state index >= 15 is 0 Å². The van der Waals surface area contributed by atoms with Crippen LogP contribution in [0, 0.1) is 15.5 Å². The molecule has 1 aliphatic carbocycles. The SMILES string of the molecule is CCCC1(CNC(=O)OCCSSCCOC(=O)OC(C)O[N+](=O)[O-])CCCCC1. The highest BCUT2D eigenvalue weighted by molar-refractivity contribution is 8.76. The van der Waals surface area contributed by atoms with Gasteiger partial charge in [0.05, 0.1) is 0 Å². The normalized spacial score (nSPS) is 16.2. The van der Waals surface area contributed by atoms with E-state index in [1.54, 1.807) is 0 Å². The number of alkyl carbamates (subject to hydrolysis) is 1. The zero-order valence-electron chi connectivity index (χ0n) is 17.6. The molecule has 1 unspecified atom stereocenters. The first kappa shape index (κ1) is 26.5. The fourth-order valence-corrected chi connectivity index (χ4v) is 5.07. The maximum atomic E-state index is 11.9. The van der Waals surface area contributed by atoms with Crippen LogP contribution in [0.25, 0.3) is 0 Å². The van der Waals surface area contributed by atoms with Crippen molar-refractivity contribution < 1.29 is 33.7 Å². The Labute approximate surface area is 185 Å². The average Bonchev–Trinajstić information content (AvgIpc) is 2.68. The van der Waals surface area contributed by atoms with Crippen molar-refractivity contribution in [3.8, 4) is 0 Å². The monoisotopic (exact) mass is 468 g/mol. The van der Waals surface area contributed by atoms with Crippen LogP contribution in [0.15, 0.2) is 0 Å². The maximum absolute atomic E-state index is 11.9. The van der Waals surface area contributed by atoms with Gasteiger partial charge in [-0.2, -0.15) is 0 Å². The lowest BCUT2D eigenvalue weighted by molar-refractivity contribution is -0.777. The molecule has 1 atom stereocenters. The summed E-state index contributed by atoms with van der Waals surface area (Å²) in [5.41, 5.74) is 0.227. The summed E-state index contributed by atoms with van der Waals surface area (Å²) in [7, 11) is 2.94. The van der Waals surface area contributed by atoms with Gasteiger partial charge in [-0.1, -0.05) is 54.2 Å². The molecule has 0 saturated heterocycles. The third-order valence-corrected chi connectivity index (χ3v) is 7.00. The molecule has 1 N–H and O–H groups in total. The maximum Gasteiger partial charge on any atom is 0.510 e. The highest BCUT2D eigenvalue weighted by atomic mass is 33.1. The van der Waals surface area contributed by atoms with Crippen molar-refractivity contribution in [1.82, 2.24) is 5.32 Å². The molecule has 0 aromatic heterocycles. The van der Waals surface area contributed by atoms with Crippen molar-refractivity contribution in [2.75, 3.05) is 31.3 Å². The Balaban J connectivity index is 2.01. The fourth-order valence-electron chi connectivity index (χ4n) is 3.42. The molecule has 1 saturated carbocycles. The van der Waals surface area contributed by atoms with Gasteiger partial charge in [-0.15, -0.1) is 10.1 Å². The molecule has 30 heavy (non-hydrogen) atoms. The van der Waals surface area contributed by atoms with E-state index in [2.05, 4.69) is 21.8 Å². The zero-order valence-corrected chi connectivity index (χ0v) is 19.2. The van der Waals surface area contributed by atoms with E-state index in [9.17, 15) is 19.7 Å². The van der Waals surface area contributed by atoms with Crippen LogP contribution in [-0.4, -0.2) is 54.9 Å². The summed E-state index contributed by atoms with van der Waals surface area (Å²) in [6, 6.07) is 0. The number of amides is 1. The molecule has 174 valence electrons. The first-order valence-electron chi connectivity index (χ1n) is 10.2. The van der Waals surface area contributed by atoms with Crippen LogP contribution < -0.4 is 5.32 Å². The van der Waals surface area contributed by atoms with Crippen LogP contribution in [0.5, 0.6) is 0 Å². The molecule has 1 amide bonds. The number of rotatable bonds is 14. The Bertz CT molecular complexity index is 527. The van der Waals surface area contributed by atoms with Gasteiger partial charge in [0, 0.05) is 18.1 Å². The van der Waals surface area contributed by atoms with Crippen molar-refractivity contribution in [3.05, 3.63) is 10.1 Å². The van der Waals surface area contributed by atoms with Gasteiger partial charge < -0.3 is 19.5 Å². The van der Waals surface area contributed by atoms with Gasteiger partial charge in [0.2, 0.25) is 6.29 Å². The molecule has 0 spiro atoms. The van der Waals surface area contributed by atoms with Crippen molar-refractivity contribution in [2.24, 2.45) is 5.41 Å². The highest BCUT2D eigenvalue weighted by Gasteiger charge is 2.31. The second-order valence-corrected chi connectivity index (χ2v) is 9.76. The molecule has 0 heterocycles. The molecule has 1 fully saturated rings. The van der Waals surface area contributed by atoms with Crippen LogP contribution >= 0.6 is 21.6 Å². The van der Waals surface area contributed by atoms with Gasteiger partial charge in [0.15, 0.2) is 0 Å². The van der Waals surface area contributed by atoms with E-state index in [1.807, 2.05) is 0 Å². The third kappa shape index (κ3) is 12.2. The third-order valence-electron chi connectivity index (χ3n) is 4.67. The van der Waals surface area contributed by atoms with Gasteiger partial charge >= 0.3 is 12.2 Å². The van der Waals surface area contributed by atoms with E-state index in [1.165, 1.54) is 60.6 Å². The van der Waals surface area contributed by atoms with E-state index in [4.69, 9.17) is 9.47 Å². The summed E-state index contributed by atoms with van der Waals surface area (Å²) < 4.78 is 14.5. The van der Waals surface area contributed by atoms with Gasteiger partial charge in [-0.25, -0.2) is 9.59 Å². The lowest BCUT2D eigenvalue weighted by atomic mass is 9.71. The molecule has 1 rings (SSSR count). The molecular formula is C18H32N2O8S2. The topological polar surface area (TPSA) is 126 Å².